The summed E-state index contributed by atoms with van der Waals surface area (Å²) in [5, 5.41) is 49.6. The molecule has 1 fully saturated rings. The third kappa shape index (κ3) is 17.6. The van der Waals surface area contributed by atoms with Crippen molar-refractivity contribution >= 4 is 29.7 Å². The van der Waals surface area contributed by atoms with Crippen LogP contribution in [0, 0.1) is 0 Å². The van der Waals surface area contributed by atoms with Crippen LogP contribution in [0.3, 0.4) is 0 Å². The molecule has 3 rings (SSSR count). The molecule has 280 valence electrons. The highest BCUT2D eigenvalue weighted by molar-refractivity contribution is 5.78. The van der Waals surface area contributed by atoms with E-state index in [-0.39, 0.29) is 83.1 Å². The largest absolute Gasteiger partial charge is 0.480 e. The molecule has 1 aliphatic rings. The zero-order valence-corrected chi connectivity index (χ0v) is 28.4. The summed E-state index contributed by atoms with van der Waals surface area (Å²) >= 11 is 0. The van der Waals surface area contributed by atoms with Crippen LogP contribution in [0.2, 0.25) is 0 Å². The monoisotopic (exact) mass is 718 g/mol. The first-order valence-electron chi connectivity index (χ1n) is 16.6. The fourth-order valence-electron chi connectivity index (χ4n) is 4.99. The summed E-state index contributed by atoms with van der Waals surface area (Å²) in [7, 11) is 0. The number of aliphatic carboxylic acids is 3. The van der Waals surface area contributed by atoms with E-state index < -0.39 is 17.9 Å². The number of carboxylic acids is 3. The van der Waals surface area contributed by atoms with Gasteiger partial charge in [0.1, 0.15) is 0 Å². The van der Waals surface area contributed by atoms with Crippen molar-refractivity contribution in [2.75, 3.05) is 105 Å². The summed E-state index contributed by atoms with van der Waals surface area (Å²) in [5.74, 6) is -2.56. The SMILES string of the molecule is O=C(O)CN1CCN(CC(=O)O)CCN(CC(=O)NCCOCCC(=O)NCCCc2nnc(-c3ncccn3)nn2)CCN(CC(=O)O)CC1. The standard InChI is InChI=1S/C30H46N12O9/c43-24(31-5-1-3-23-35-37-30(38-36-23)29-33-6-2-7-34-29)4-17-51-18-8-32-25(44)19-39-9-11-40(20-26(45)46)13-15-42(22-28(49)50)16-14-41(12-10-39)21-27(47)48/h2,6-7H,1,3-5,8-22H2,(H,31,43)(H,32,44)(H,45,46)(H,47,48)(H,49,50). The van der Waals surface area contributed by atoms with Gasteiger partial charge in [-0.1, -0.05) is 0 Å². The minimum absolute atomic E-state index is 0.00187. The lowest BCUT2D eigenvalue weighted by atomic mass is 10.3. The Bertz CT molecular complexity index is 1360. The van der Waals surface area contributed by atoms with Crippen molar-refractivity contribution in [3.05, 3.63) is 24.3 Å². The number of aryl methyl sites for hydroxylation is 1. The Hall–Kier alpha value is -4.83. The van der Waals surface area contributed by atoms with E-state index >= 15 is 0 Å². The molecule has 3 heterocycles. The lowest BCUT2D eigenvalue weighted by molar-refractivity contribution is -0.140. The topological polar surface area (TPSA) is 270 Å². The summed E-state index contributed by atoms with van der Waals surface area (Å²) in [4.78, 5) is 74.1. The Morgan fingerprint density at radius 3 is 1.57 bits per heavy atom. The van der Waals surface area contributed by atoms with Crippen LogP contribution in [0.5, 0.6) is 0 Å². The van der Waals surface area contributed by atoms with Crippen molar-refractivity contribution < 1.29 is 44.0 Å². The van der Waals surface area contributed by atoms with Gasteiger partial charge < -0.3 is 30.7 Å². The Kier molecular flexibility index (Phi) is 18.2. The van der Waals surface area contributed by atoms with E-state index in [1.54, 1.807) is 33.2 Å². The number of nitrogens with zero attached hydrogens (tertiary/aromatic N) is 10. The molecule has 0 atom stereocenters. The zero-order chi connectivity index (χ0) is 36.8. The maximum Gasteiger partial charge on any atom is 0.317 e. The van der Waals surface area contributed by atoms with E-state index in [0.717, 1.165) is 0 Å². The van der Waals surface area contributed by atoms with Crippen LogP contribution in [0.15, 0.2) is 18.5 Å². The Morgan fingerprint density at radius 2 is 1.08 bits per heavy atom. The number of ether oxygens (including phenoxy) is 1. The molecule has 0 aliphatic carbocycles. The highest BCUT2D eigenvalue weighted by Crippen LogP contribution is 2.04. The second kappa shape index (κ2) is 22.8. The minimum Gasteiger partial charge on any atom is -0.480 e. The van der Waals surface area contributed by atoms with Gasteiger partial charge in [0, 0.05) is 90.7 Å². The van der Waals surface area contributed by atoms with E-state index in [1.165, 1.54) is 0 Å². The number of carboxylic acid groups (broad SMARTS) is 3. The molecule has 0 radical (unpaired) electrons. The van der Waals surface area contributed by atoms with Crippen molar-refractivity contribution in [2.45, 2.75) is 19.3 Å². The van der Waals surface area contributed by atoms with E-state index in [2.05, 4.69) is 41.0 Å². The lowest BCUT2D eigenvalue weighted by Gasteiger charge is -2.32. The Balaban J connectivity index is 1.34. The fraction of sp³-hybridized carbons (Fsp3) is 0.633. The number of aromatic nitrogens is 6. The molecule has 2 aromatic heterocycles. The number of carbonyl (C=O) groups excluding carboxylic acids is 2. The van der Waals surface area contributed by atoms with Gasteiger partial charge in [0.25, 0.3) is 0 Å². The first-order chi connectivity index (χ1) is 24.6. The van der Waals surface area contributed by atoms with Gasteiger partial charge in [-0.3, -0.25) is 43.6 Å². The fourth-order valence-corrected chi connectivity index (χ4v) is 4.99. The maximum atomic E-state index is 12.7. The van der Waals surface area contributed by atoms with E-state index in [9.17, 15) is 39.3 Å². The number of hydrogen-bond donors (Lipinski definition) is 5. The smallest absolute Gasteiger partial charge is 0.317 e. The summed E-state index contributed by atoms with van der Waals surface area (Å²) in [6.07, 6.45) is 4.34. The van der Waals surface area contributed by atoms with Crippen LogP contribution >= 0.6 is 0 Å². The van der Waals surface area contributed by atoms with E-state index in [0.29, 0.717) is 70.3 Å². The molecule has 21 heteroatoms. The number of carbonyl (C=O) groups is 5. The number of hydrogen-bond acceptors (Lipinski definition) is 16. The predicted octanol–water partition coefficient (Wildman–Crippen LogP) is -3.23. The Labute approximate surface area is 294 Å². The van der Waals surface area contributed by atoms with Crippen LogP contribution in [0.25, 0.3) is 11.6 Å². The van der Waals surface area contributed by atoms with Crippen LogP contribution in [0.4, 0.5) is 0 Å². The highest BCUT2D eigenvalue weighted by atomic mass is 16.5. The molecule has 2 aromatic rings. The minimum atomic E-state index is -1.03. The molecule has 0 aromatic carbocycles. The van der Waals surface area contributed by atoms with Gasteiger partial charge in [-0.15, -0.1) is 20.4 Å². The van der Waals surface area contributed by atoms with E-state index in [1.807, 2.05) is 4.90 Å². The molecule has 1 saturated heterocycles. The van der Waals surface area contributed by atoms with Gasteiger partial charge in [-0.05, 0) is 12.5 Å². The van der Waals surface area contributed by atoms with Crippen molar-refractivity contribution in [1.29, 1.82) is 0 Å². The molecule has 51 heavy (non-hydrogen) atoms. The van der Waals surface area contributed by atoms with Crippen molar-refractivity contribution in [1.82, 2.24) is 60.6 Å². The molecule has 21 nitrogen and oxygen atoms in total. The van der Waals surface area contributed by atoms with Crippen molar-refractivity contribution in [3.63, 3.8) is 0 Å². The molecule has 2 amide bonds. The summed E-state index contributed by atoms with van der Waals surface area (Å²) < 4.78 is 5.49. The summed E-state index contributed by atoms with van der Waals surface area (Å²) in [6, 6.07) is 1.68. The summed E-state index contributed by atoms with van der Waals surface area (Å²) in [5.41, 5.74) is 0. The number of amides is 2. The van der Waals surface area contributed by atoms with Crippen LogP contribution in [0.1, 0.15) is 18.7 Å². The zero-order valence-electron chi connectivity index (χ0n) is 28.4. The average Bonchev–Trinajstić information content (AvgIpc) is 3.09. The van der Waals surface area contributed by atoms with Gasteiger partial charge in [0.05, 0.1) is 39.4 Å². The third-order valence-corrected chi connectivity index (χ3v) is 7.60. The molecule has 0 spiro atoms. The second-order valence-corrected chi connectivity index (χ2v) is 11.7. The molecule has 0 saturated carbocycles. The second-order valence-electron chi connectivity index (χ2n) is 11.7. The maximum absolute atomic E-state index is 12.7. The molecule has 0 bridgehead atoms. The first-order valence-corrected chi connectivity index (χ1v) is 16.6. The number of nitrogens with one attached hydrogen (secondary N) is 2. The molecule has 5 N–H and O–H groups in total. The van der Waals surface area contributed by atoms with Gasteiger partial charge in [-0.25, -0.2) is 9.97 Å². The molecular formula is C30H46N12O9. The molecule has 1 aliphatic heterocycles. The van der Waals surface area contributed by atoms with Crippen LogP contribution in [-0.2, 0) is 35.1 Å². The van der Waals surface area contributed by atoms with Crippen LogP contribution < -0.4 is 10.6 Å². The van der Waals surface area contributed by atoms with Gasteiger partial charge in [0.2, 0.25) is 23.5 Å². The normalized spacial score (nSPS) is 15.7. The van der Waals surface area contributed by atoms with Gasteiger partial charge >= 0.3 is 17.9 Å². The molecular weight excluding hydrogens is 672 g/mol. The van der Waals surface area contributed by atoms with Gasteiger partial charge in [0.15, 0.2) is 5.82 Å². The van der Waals surface area contributed by atoms with Crippen LogP contribution in [-0.4, -0.2) is 200 Å². The summed E-state index contributed by atoms with van der Waals surface area (Å²) in [6.45, 7) is 2.68. The Morgan fingerprint density at radius 1 is 0.608 bits per heavy atom. The first kappa shape index (κ1) is 40.6. The number of rotatable bonds is 19. The highest BCUT2D eigenvalue weighted by Gasteiger charge is 2.21. The van der Waals surface area contributed by atoms with Gasteiger partial charge in [-0.2, -0.15) is 0 Å². The average molecular weight is 719 g/mol. The third-order valence-electron chi connectivity index (χ3n) is 7.60. The van der Waals surface area contributed by atoms with Crippen molar-refractivity contribution in [2.24, 2.45) is 0 Å². The lowest BCUT2D eigenvalue weighted by Crippen LogP contribution is -2.50. The molecule has 0 unspecified atom stereocenters. The predicted molar refractivity (Wildman–Crippen MR) is 177 cm³/mol. The quantitative estimate of drug-likeness (QED) is 0.0894. The van der Waals surface area contributed by atoms with Crippen molar-refractivity contribution in [3.8, 4) is 11.6 Å². The van der Waals surface area contributed by atoms with E-state index in [4.69, 9.17) is 4.74 Å².